The van der Waals surface area contributed by atoms with Gasteiger partial charge in [0.05, 0.1) is 24.1 Å². The molecule has 0 spiro atoms. The maximum absolute atomic E-state index is 6.10. The lowest BCUT2D eigenvalue weighted by Gasteiger charge is -2.33. The number of ether oxygens (including phenoxy) is 1. The smallest absolute Gasteiger partial charge is 0.240 e. The molecule has 1 aliphatic heterocycles. The molecule has 2 aromatic carbocycles. The third-order valence-corrected chi connectivity index (χ3v) is 5.89. The molecular weight excluding hydrogens is 370 g/mol. The van der Waals surface area contributed by atoms with E-state index in [4.69, 9.17) is 21.4 Å². The topological polar surface area (TPSA) is 30.3 Å². The molecule has 1 aliphatic rings. The number of aromatic nitrogens is 2. The molecule has 0 amide bonds. The molecule has 4 rings (SSSR count). The third kappa shape index (κ3) is 4.50. The highest BCUT2D eigenvalue weighted by atomic mass is 35.5. The van der Waals surface area contributed by atoms with Crippen molar-refractivity contribution in [3.8, 4) is 5.88 Å². The highest BCUT2D eigenvalue weighted by molar-refractivity contribution is 6.30. The van der Waals surface area contributed by atoms with Gasteiger partial charge in [-0.25, -0.2) is 0 Å². The van der Waals surface area contributed by atoms with E-state index in [-0.39, 0.29) is 0 Å². The number of likely N-dealkylation sites (tertiary alicyclic amines) is 1. The average Bonchev–Trinajstić information content (AvgIpc) is 3.06. The molecule has 148 valence electrons. The van der Waals surface area contributed by atoms with Gasteiger partial charge in [0.15, 0.2) is 0 Å². The second-order valence-corrected chi connectivity index (χ2v) is 8.13. The van der Waals surface area contributed by atoms with Crippen molar-refractivity contribution in [3.05, 3.63) is 59.1 Å². The zero-order valence-corrected chi connectivity index (χ0v) is 17.2. The maximum atomic E-state index is 6.10. The summed E-state index contributed by atoms with van der Waals surface area (Å²) in [7, 11) is 0. The van der Waals surface area contributed by atoms with Gasteiger partial charge in [-0.2, -0.15) is 0 Å². The Balaban J connectivity index is 1.41. The van der Waals surface area contributed by atoms with Crippen LogP contribution in [0.4, 0.5) is 0 Å². The van der Waals surface area contributed by atoms with Crippen molar-refractivity contribution in [3.63, 3.8) is 0 Å². The Morgan fingerprint density at radius 3 is 2.75 bits per heavy atom. The van der Waals surface area contributed by atoms with Gasteiger partial charge in [0.1, 0.15) is 0 Å². The Morgan fingerprint density at radius 1 is 1.11 bits per heavy atom. The Hall–Kier alpha value is -2.04. The lowest BCUT2D eigenvalue weighted by Crippen LogP contribution is -2.38. The lowest BCUT2D eigenvalue weighted by molar-refractivity contribution is 0.148. The highest BCUT2D eigenvalue weighted by Gasteiger charge is 2.17. The quantitative estimate of drug-likeness (QED) is 0.501. The Bertz CT molecular complexity index is 906. The van der Waals surface area contributed by atoms with Gasteiger partial charge in [-0.15, -0.1) is 5.10 Å². The molecule has 1 saturated heterocycles. The number of halogens is 1. The summed E-state index contributed by atoms with van der Waals surface area (Å²) < 4.78 is 8.12. The number of rotatable bonds is 7. The number of hydrogen-bond acceptors (Lipinski definition) is 3. The second-order valence-electron chi connectivity index (χ2n) is 7.69. The van der Waals surface area contributed by atoms with Crippen LogP contribution in [-0.2, 0) is 6.54 Å². The molecule has 0 aliphatic carbocycles. The van der Waals surface area contributed by atoms with Gasteiger partial charge in [-0.3, -0.25) is 4.68 Å². The molecule has 3 aromatic rings. The fourth-order valence-corrected chi connectivity index (χ4v) is 4.14. The molecule has 1 atom stereocenters. The molecule has 0 N–H and O–H groups in total. The van der Waals surface area contributed by atoms with E-state index in [9.17, 15) is 0 Å². The van der Waals surface area contributed by atoms with Crippen LogP contribution in [0.5, 0.6) is 5.88 Å². The van der Waals surface area contributed by atoms with E-state index in [2.05, 4.69) is 24.0 Å². The predicted molar refractivity (Wildman–Crippen MR) is 115 cm³/mol. The van der Waals surface area contributed by atoms with Gasteiger partial charge in [0.2, 0.25) is 5.88 Å². The van der Waals surface area contributed by atoms with Crippen LogP contribution in [0.2, 0.25) is 5.02 Å². The van der Waals surface area contributed by atoms with Crippen molar-refractivity contribution in [2.75, 3.05) is 19.7 Å². The molecule has 0 saturated carbocycles. The van der Waals surface area contributed by atoms with Crippen molar-refractivity contribution >= 4 is 22.5 Å². The van der Waals surface area contributed by atoms with Crippen molar-refractivity contribution < 1.29 is 4.74 Å². The molecule has 0 radical (unpaired) electrons. The normalized spacial score (nSPS) is 17.9. The van der Waals surface area contributed by atoms with Crippen molar-refractivity contribution in [2.24, 2.45) is 0 Å². The third-order valence-electron chi connectivity index (χ3n) is 5.64. The lowest BCUT2D eigenvalue weighted by atomic mass is 10.0. The van der Waals surface area contributed by atoms with Crippen LogP contribution in [0.25, 0.3) is 10.9 Å². The zero-order chi connectivity index (χ0) is 19.3. The molecule has 1 fully saturated rings. The minimum atomic E-state index is 0.700. The van der Waals surface area contributed by atoms with Crippen LogP contribution in [0.3, 0.4) is 0 Å². The molecule has 2 heterocycles. The van der Waals surface area contributed by atoms with Crippen LogP contribution < -0.4 is 4.74 Å². The summed E-state index contributed by atoms with van der Waals surface area (Å²) in [5.74, 6) is 0.733. The van der Waals surface area contributed by atoms with E-state index in [0.717, 1.165) is 34.8 Å². The van der Waals surface area contributed by atoms with Crippen LogP contribution in [0, 0.1) is 0 Å². The molecule has 1 aromatic heterocycles. The molecule has 4 nitrogen and oxygen atoms in total. The fourth-order valence-electron chi connectivity index (χ4n) is 4.01. The molecule has 1 unspecified atom stereocenters. The Morgan fingerprint density at radius 2 is 1.93 bits per heavy atom. The van der Waals surface area contributed by atoms with Crippen molar-refractivity contribution in [2.45, 2.75) is 45.2 Å². The summed E-state index contributed by atoms with van der Waals surface area (Å²) in [5, 5.41) is 6.58. The number of nitrogens with zero attached hydrogens (tertiary/aromatic N) is 3. The van der Waals surface area contributed by atoms with E-state index in [1.54, 1.807) is 0 Å². The van der Waals surface area contributed by atoms with E-state index in [1.807, 2.05) is 41.1 Å². The summed E-state index contributed by atoms with van der Waals surface area (Å²) >= 11 is 6.00. The van der Waals surface area contributed by atoms with Crippen LogP contribution in [0.1, 0.15) is 38.2 Å². The van der Waals surface area contributed by atoms with Gasteiger partial charge in [-0.05, 0) is 62.6 Å². The predicted octanol–water partition coefficient (Wildman–Crippen LogP) is 5.38. The molecule has 28 heavy (non-hydrogen) atoms. The molecule has 5 heteroatoms. The van der Waals surface area contributed by atoms with Gasteiger partial charge >= 0.3 is 0 Å². The Labute approximate surface area is 172 Å². The first-order chi connectivity index (χ1) is 13.7. The van der Waals surface area contributed by atoms with Gasteiger partial charge < -0.3 is 9.64 Å². The van der Waals surface area contributed by atoms with E-state index < -0.39 is 0 Å². The summed E-state index contributed by atoms with van der Waals surface area (Å²) in [6.07, 6.45) is 5.04. The fraction of sp³-hybridized carbons (Fsp3) is 0.435. The molecular formula is C23H28ClN3O. The SMILES string of the molecule is CC1CCCCN1CCCOc1nn(Cc2ccc(Cl)cc2)c2ccccc12. The van der Waals surface area contributed by atoms with E-state index >= 15 is 0 Å². The van der Waals surface area contributed by atoms with Gasteiger partial charge in [-0.1, -0.05) is 42.3 Å². The molecule has 0 bridgehead atoms. The maximum Gasteiger partial charge on any atom is 0.240 e. The van der Waals surface area contributed by atoms with Crippen LogP contribution >= 0.6 is 11.6 Å². The highest BCUT2D eigenvalue weighted by Crippen LogP contribution is 2.26. The van der Waals surface area contributed by atoms with Crippen molar-refractivity contribution in [1.82, 2.24) is 14.7 Å². The number of fused-ring (bicyclic) bond motifs is 1. The van der Waals surface area contributed by atoms with Crippen molar-refractivity contribution in [1.29, 1.82) is 0 Å². The Kier molecular flexibility index (Phi) is 6.18. The first-order valence-electron chi connectivity index (χ1n) is 10.3. The van der Waals surface area contributed by atoms with E-state index in [1.165, 1.54) is 31.4 Å². The van der Waals surface area contributed by atoms with E-state index in [0.29, 0.717) is 19.2 Å². The van der Waals surface area contributed by atoms with Crippen LogP contribution in [0.15, 0.2) is 48.5 Å². The van der Waals surface area contributed by atoms with Gasteiger partial charge in [0.25, 0.3) is 0 Å². The largest absolute Gasteiger partial charge is 0.476 e. The monoisotopic (exact) mass is 397 g/mol. The number of para-hydroxylation sites is 1. The van der Waals surface area contributed by atoms with Gasteiger partial charge in [0, 0.05) is 17.6 Å². The number of piperidine rings is 1. The number of benzene rings is 2. The summed E-state index contributed by atoms with van der Waals surface area (Å²) in [5.41, 5.74) is 2.26. The standard InChI is InChI=1S/C23H28ClN3O/c1-18-7-4-5-14-26(18)15-6-16-28-23-21-8-2-3-9-22(21)27(25-23)17-19-10-12-20(24)13-11-19/h2-3,8-13,18H,4-7,14-17H2,1H3. The first kappa shape index (κ1) is 19.3. The summed E-state index contributed by atoms with van der Waals surface area (Å²) in [6, 6.07) is 16.9. The van der Waals surface area contributed by atoms with Crippen LogP contribution in [-0.4, -0.2) is 40.4 Å². The first-order valence-corrected chi connectivity index (χ1v) is 10.7. The second kappa shape index (κ2) is 8.97. The minimum Gasteiger partial charge on any atom is -0.476 e. The summed E-state index contributed by atoms with van der Waals surface area (Å²) in [4.78, 5) is 2.59. The minimum absolute atomic E-state index is 0.700. The average molecular weight is 398 g/mol. The summed E-state index contributed by atoms with van der Waals surface area (Å²) in [6.45, 7) is 6.06. The number of hydrogen-bond donors (Lipinski definition) is 0. The zero-order valence-electron chi connectivity index (χ0n) is 16.5.